The minimum Gasteiger partial charge on any atom is -0.392 e. The van der Waals surface area contributed by atoms with Crippen LogP contribution in [0.15, 0.2) is 11.1 Å². The Kier molecular flexibility index (Phi) is 3.44. The lowest BCUT2D eigenvalue weighted by Gasteiger charge is -2.23. The Morgan fingerprint density at radius 3 is 2.00 bits per heavy atom. The van der Waals surface area contributed by atoms with Crippen LogP contribution in [0.1, 0.15) is 32.1 Å². The van der Waals surface area contributed by atoms with Gasteiger partial charge in [0.05, 0.1) is 6.61 Å². The third-order valence-corrected chi connectivity index (χ3v) is 2.45. The van der Waals surface area contributed by atoms with Crippen LogP contribution in [0, 0.1) is 0 Å². The first-order valence-corrected chi connectivity index (χ1v) is 4.55. The summed E-state index contributed by atoms with van der Waals surface area (Å²) in [5.74, 6) is -2.85. The third kappa shape index (κ3) is 2.77. The maximum Gasteiger partial charge on any atom is 0.302 e. The minimum atomic E-state index is -2.85. The molecule has 0 heterocycles. The van der Waals surface area contributed by atoms with Crippen molar-refractivity contribution in [2.75, 3.05) is 6.61 Å². The summed E-state index contributed by atoms with van der Waals surface area (Å²) in [6.07, 6.45) is 4.56. The van der Waals surface area contributed by atoms with Crippen molar-refractivity contribution in [1.29, 1.82) is 0 Å². The van der Waals surface area contributed by atoms with Gasteiger partial charge in [-0.3, -0.25) is 0 Å². The van der Waals surface area contributed by atoms with E-state index in [1.165, 1.54) is 0 Å². The highest BCUT2D eigenvalue weighted by molar-refractivity contribution is 5.20. The van der Waals surface area contributed by atoms with Gasteiger partial charge in [-0.2, -0.15) is 0 Å². The number of hydrogen-bond acceptors (Lipinski definition) is 4. The van der Waals surface area contributed by atoms with E-state index in [0.717, 1.165) is 37.7 Å². The van der Waals surface area contributed by atoms with Gasteiger partial charge in [0.2, 0.25) is 0 Å². The summed E-state index contributed by atoms with van der Waals surface area (Å²) in [4.78, 5) is 0. The highest BCUT2D eigenvalue weighted by Gasteiger charge is 2.28. The van der Waals surface area contributed by atoms with E-state index in [1.807, 2.05) is 0 Å². The number of hydrogen-bond donors (Lipinski definition) is 4. The zero-order chi connectivity index (χ0) is 9.90. The predicted molar refractivity (Wildman–Crippen MR) is 46.6 cm³/mol. The molecule has 13 heavy (non-hydrogen) atoms. The zero-order valence-electron chi connectivity index (χ0n) is 7.53. The molecule has 0 aromatic carbocycles. The summed E-state index contributed by atoms with van der Waals surface area (Å²) in [6.45, 7) is -0.501. The standard InChI is InChI=1S/C9H16O4/c10-6-8(9(11,12)13)7-4-2-1-3-5-7/h10-13H,1-6H2. The van der Waals surface area contributed by atoms with Gasteiger partial charge < -0.3 is 20.4 Å². The van der Waals surface area contributed by atoms with Crippen molar-refractivity contribution in [3.63, 3.8) is 0 Å². The number of rotatable bonds is 2. The molecule has 0 saturated heterocycles. The van der Waals surface area contributed by atoms with Gasteiger partial charge in [-0.1, -0.05) is 12.0 Å². The molecular formula is C9H16O4. The van der Waals surface area contributed by atoms with E-state index >= 15 is 0 Å². The number of allylic oxidation sites excluding steroid dienone is 1. The van der Waals surface area contributed by atoms with E-state index in [-0.39, 0.29) is 5.57 Å². The molecule has 1 aliphatic rings. The molecule has 0 radical (unpaired) electrons. The van der Waals surface area contributed by atoms with Crippen molar-refractivity contribution >= 4 is 0 Å². The monoisotopic (exact) mass is 188 g/mol. The van der Waals surface area contributed by atoms with Crippen LogP contribution in [-0.2, 0) is 0 Å². The van der Waals surface area contributed by atoms with Gasteiger partial charge in [0.25, 0.3) is 0 Å². The second-order valence-corrected chi connectivity index (χ2v) is 3.44. The van der Waals surface area contributed by atoms with Crippen LogP contribution in [0.3, 0.4) is 0 Å². The lowest BCUT2D eigenvalue weighted by molar-refractivity contribution is -0.285. The van der Waals surface area contributed by atoms with Crippen LogP contribution in [0.2, 0.25) is 0 Å². The molecule has 1 aliphatic carbocycles. The van der Waals surface area contributed by atoms with Gasteiger partial charge in [-0.05, 0) is 25.7 Å². The van der Waals surface area contributed by atoms with Crippen LogP contribution < -0.4 is 0 Å². The van der Waals surface area contributed by atoms with Crippen molar-refractivity contribution in [2.45, 2.75) is 38.1 Å². The van der Waals surface area contributed by atoms with Crippen LogP contribution in [-0.4, -0.2) is 33.0 Å². The first-order chi connectivity index (χ1) is 6.05. The zero-order valence-corrected chi connectivity index (χ0v) is 7.53. The largest absolute Gasteiger partial charge is 0.392 e. The van der Waals surface area contributed by atoms with Crippen LogP contribution >= 0.6 is 0 Å². The molecule has 1 fully saturated rings. The van der Waals surface area contributed by atoms with Gasteiger partial charge in [0, 0.05) is 5.57 Å². The summed E-state index contributed by atoms with van der Waals surface area (Å²) < 4.78 is 0. The first-order valence-electron chi connectivity index (χ1n) is 4.55. The molecule has 0 aromatic rings. The lowest BCUT2D eigenvalue weighted by atomic mass is 9.90. The lowest BCUT2D eigenvalue weighted by Crippen LogP contribution is -2.33. The van der Waals surface area contributed by atoms with E-state index in [0.29, 0.717) is 0 Å². The van der Waals surface area contributed by atoms with Crippen LogP contribution in [0.5, 0.6) is 0 Å². The molecule has 0 aromatic heterocycles. The highest BCUT2D eigenvalue weighted by Crippen LogP contribution is 2.28. The molecular weight excluding hydrogens is 172 g/mol. The Morgan fingerprint density at radius 2 is 1.62 bits per heavy atom. The summed E-state index contributed by atoms with van der Waals surface area (Å²) in [5, 5.41) is 35.6. The fourth-order valence-electron chi connectivity index (χ4n) is 1.74. The SMILES string of the molecule is OCC(=C1CCCCC1)C(O)(O)O. The average molecular weight is 188 g/mol. The number of aliphatic hydroxyl groups excluding tert-OH is 1. The van der Waals surface area contributed by atoms with E-state index in [9.17, 15) is 0 Å². The molecule has 4 nitrogen and oxygen atoms in total. The average Bonchev–Trinajstić information content (AvgIpc) is 2.05. The Balaban J connectivity index is 2.82. The second kappa shape index (κ2) is 4.19. The molecule has 1 saturated carbocycles. The normalized spacial score (nSPS) is 18.9. The van der Waals surface area contributed by atoms with Crippen LogP contribution in [0.25, 0.3) is 0 Å². The van der Waals surface area contributed by atoms with Gasteiger partial charge in [-0.15, -0.1) is 0 Å². The molecule has 4 N–H and O–H groups in total. The Hall–Kier alpha value is -0.420. The maximum absolute atomic E-state index is 8.92. The molecule has 0 unspecified atom stereocenters. The maximum atomic E-state index is 8.92. The molecule has 0 bridgehead atoms. The third-order valence-electron chi connectivity index (χ3n) is 2.45. The van der Waals surface area contributed by atoms with Crippen molar-refractivity contribution in [2.24, 2.45) is 0 Å². The van der Waals surface area contributed by atoms with Crippen LogP contribution in [0.4, 0.5) is 0 Å². The summed E-state index contributed by atoms with van der Waals surface area (Å²) in [5.41, 5.74) is 0.730. The Morgan fingerprint density at radius 1 is 1.08 bits per heavy atom. The van der Waals surface area contributed by atoms with E-state index in [1.54, 1.807) is 0 Å². The molecule has 0 spiro atoms. The van der Waals surface area contributed by atoms with Gasteiger partial charge in [0.15, 0.2) is 0 Å². The minimum absolute atomic E-state index is 0.0489. The molecule has 0 atom stereocenters. The van der Waals surface area contributed by atoms with Crippen molar-refractivity contribution in [3.05, 3.63) is 11.1 Å². The number of aliphatic hydroxyl groups is 4. The Labute approximate surface area is 77.1 Å². The predicted octanol–water partition coefficient (Wildman–Crippen LogP) is -0.130. The van der Waals surface area contributed by atoms with E-state index in [4.69, 9.17) is 20.4 Å². The summed E-state index contributed by atoms with van der Waals surface area (Å²) in [6, 6.07) is 0. The molecule has 0 amide bonds. The molecule has 76 valence electrons. The van der Waals surface area contributed by atoms with Gasteiger partial charge in [-0.25, -0.2) is 0 Å². The fourth-order valence-corrected chi connectivity index (χ4v) is 1.74. The molecule has 1 rings (SSSR count). The van der Waals surface area contributed by atoms with Gasteiger partial charge >= 0.3 is 5.97 Å². The summed E-state index contributed by atoms with van der Waals surface area (Å²) in [7, 11) is 0. The van der Waals surface area contributed by atoms with Crippen molar-refractivity contribution in [1.82, 2.24) is 0 Å². The van der Waals surface area contributed by atoms with Gasteiger partial charge in [0.1, 0.15) is 0 Å². The Bertz CT molecular complexity index is 194. The summed E-state index contributed by atoms with van der Waals surface area (Å²) >= 11 is 0. The smallest absolute Gasteiger partial charge is 0.302 e. The molecule has 0 aliphatic heterocycles. The topological polar surface area (TPSA) is 80.9 Å². The quantitative estimate of drug-likeness (QED) is 0.359. The van der Waals surface area contributed by atoms with Crippen molar-refractivity contribution < 1.29 is 20.4 Å². The van der Waals surface area contributed by atoms with E-state index < -0.39 is 12.6 Å². The van der Waals surface area contributed by atoms with Crippen molar-refractivity contribution in [3.8, 4) is 0 Å². The molecule has 4 heteroatoms. The van der Waals surface area contributed by atoms with E-state index in [2.05, 4.69) is 0 Å². The first kappa shape index (κ1) is 10.7. The fraction of sp³-hybridized carbons (Fsp3) is 0.778. The second-order valence-electron chi connectivity index (χ2n) is 3.44. The highest BCUT2D eigenvalue weighted by atomic mass is 16.7.